The van der Waals surface area contributed by atoms with Crippen LogP contribution in [-0.4, -0.2) is 49.2 Å². The highest BCUT2D eigenvalue weighted by Crippen LogP contribution is 2.22. The minimum atomic E-state index is 0.161. The molecule has 21 heavy (non-hydrogen) atoms. The SMILES string of the molecule is CC(C)NC(=O)CN1CCC(CCCCOC(C)C)CC1. The van der Waals surface area contributed by atoms with Crippen molar-refractivity contribution >= 4 is 5.91 Å². The summed E-state index contributed by atoms with van der Waals surface area (Å²) < 4.78 is 5.57. The molecule has 0 atom stereocenters. The summed E-state index contributed by atoms with van der Waals surface area (Å²) >= 11 is 0. The molecule has 0 unspecified atom stereocenters. The van der Waals surface area contributed by atoms with Crippen LogP contribution in [0.25, 0.3) is 0 Å². The monoisotopic (exact) mass is 298 g/mol. The predicted molar refractivity (Wildman–Crippen MR) is 87.4 cm³/mol. The maximum Gasteiger partial charge on any atom is 0.234 e. The third-order valence-corrected chi connectivity index (χ3v) is 3.98. The van der Waals surface area contributed by atoms with Gasteiger partial charge in [-0.15, -0.1) is 0 Å². The lowest BCUT2D eigenvalue weighted by Gasteiger charge is -2.31. The van der Waals surface area contributed by atoms with Crippen molar-refractivity contribution in [2.45, 2.75) is 71.9 Å². The van der Waals surface area contributed by atoms with Crippen molar-refractivity contribution in [3.63, 3.8) is 0 Å². The molecule has 4 heteroatoms. The van der Waals surface area contributed by atoms with E-state index in [4.69, 9.17) is 4.74 Å². The lowest BCUT2D eigenvalue weighted by molar-refractivity contribution is -0.123. The predicted octanol–water partition coefficient (Wildman–Crippen LogP) is 2.82. The first-order chi connectivity index (χ1) is 9.97. The van der Waals surface area contributed by atoms with Crippen LogP contribution >= 0.6 is 0 Å². The van der Waals surface area contributed by atoms with Crippen molar-refractivity contribution in [1.82, 2.24) is 10.2 Å². The fourth-order valence-corrected chi connectivity index (χ4v) is 2.86. The first-order valence-corrected chi connectivity index (χ1v) is 8.60. The Kier molecular flexibility index (Phi) is 8.93. The summed E-state index contributed by atoms with van der Waals surface area (Å²) in [6.07, 6.45) is 6.58. The summed E-state index contributed by atoms with van der Waals surface area (Å²) in [5.41, 5.74) is 0. The van der Waals surface area contributed by atoms with E-state index in [9.17, 15) is 4.79 Å². The van der Waals surface area contributed by atoms with Gasteiger partial charge in [0.05, 0.1) is 12.6 Å². The van der Waals surface area contributed by atoms with Gasteiger partial charge in [0, 0.05) is 12.6 Å². The molecule has 1 N–H and O–H groups in total. The summed E-state index contributed by atoms with van der Waals surface area (Å²) in [5.74, 6) is 1.00. The van der Waals surface area contributed by atoms with Crippen LogP contribution in [0.1, 0.15) is 59.8 Å². The van der Waals surface area contributed by atoms with Gasteiger partial charge in [-0.3, -0.25) is 9.69 Å². The number of ether oxygens (including phenoxy) is 1. The van der Waals surface area contributed by atoms with Gasteiger partial charge in [-0.1, -0.05) is 12.8 Å². The lowest BCUT2D eigenvalue weighted by atomic mass is 9.91. The molecule has 124 valence electrons. The number of nitrogens with one attached hydrogen (secondary N) is 1. The van der Waals surface area contributed by atoms with Gasteiger partial charge in [-0.25, -0.2) is 0 Å². The number of hydrogen-bond donors (Lipinski definition) is 1. The second-order valence-corrected chi connectivity index (χ2v) is 6.86. The number of carbonyl (C=O) groups is 1. The Balaban J connectivity index is 2.05. The van der Waals surface area contributed by atoms with Crippen LogP contribution < -0.4 is 5.32 Å². The average Bonchev–Trinajstić information content (AvgIpc) is 2.39. The summed E-state index contributed by atoms with van der Waals surface area (Å²) in [6.45, 7) is 11.8. The van der Waals surface area contributed by atoms with Gasteiger partial charge < -0.3 is 10.1 Å². The fraction of sp³-hybridized carbons (Fsp3) is 0.941. The lowest BCUT2D eigenvalue weighted by Crippen LogP contribution is -2.43. The van der Waals surface area contributed by atoms with Crippen LogP contribution in [0.5, 0.6) is 0 Å². The van der Waals surface area contributed by atoms with Gasteiger partial charge in [-0.05, 0) is 66.0 Å². The van der Waals surface area contributed by atoms with Crippen LogP contribution in [0.2, 0.25) is 0 Å². The molecular weight excluding hydrogens is 264 g/mol. The Morgan fingerprint density at radius 2 is 1.86 bits per heavy atom. The highest BCUT2D eigenvalue weighted by atomic mass is 16.5. The highest BCUT2D eigenvalue weighted by molar-refractivity contribution is 5.78. The Bertz CT molecular complexity index is 285. The second-order valence-electron chi connectivity index (χ2n) is 6.86. The van der Waals surface area contributed by atoms with Crippen LogP contribution in [0.15, 0.2) is 0 Å². The molecule has 0 aromatic carbocycles. The van der Waals surface area contributed by atoms with E-state index >= 15 is 0 Å². The maximum atomic E-state index is 11.7. The zero-order valence-corrected chi connectivity index (χ0v) is 14.4. The van der Waals surface area contributed by atoms with Gasteiger partial charge in [-0.2, -0.15) is 0 Å². The van der Waals surface area contributed by atoms with Crippen molar-refractivity contribution in [2.75, 3.05) is 26.2 Å². The van der Waals surface area contributed by atoms with E-state index in [-0.39, 0.29) is 11.9 Å². The minimum absolute atomic E-state index is 0.161. The molecule has 0 radical (unpaired) electrons. The normalized spacial score (nSPS) is 17.6. The van der Waals surface area contributed by atoms with E-state index in [1.807, 2.05) is 13.8 Å². The van der Waals surface area contributed by atoms with E-state index in [1.54, 1.807) is 0 Å². The summed E-state index contributed by atoms with van der Waals surface area (Å²) in [7, 11) is 0. The van der Waals surface area contributed by atoms with Gasteiger partial charge in [0.2, 0.25) is 5.91 Å². The molecule has 1 rings (SSSR count). The van der Waals surface area contributed by atoms with Crippen molar-refractivity contribution in [1.29, 1.82) is 0 Å². The molecule has 1 fully saturated rings. The van der Waals surface area contributed by atoms with Crippen LogP contribution in [-0.2, 0) is 9.53 Å². The number of nitrogens with zero attached hydrogens (tertiary/aromatic N) is 1. The second kappa shape index (κ2) is 10.2. The third-order valence-electron chi connectivity index (χ3n) is 3.98. The molecule has 0 bridgehead atoms. The highest BCUT2D eigenvalue weighted by Gasteiger charge is 2.20. The molecule has 0 saturated carbocycles. The number of amides is 1. The molecule has 1 saturated heterocycles. The van der Waals surface area contributed by atoms with Crippen molar-refractivity contribution in [2.24, 2.45) is 5.92 Å². The van der Waals surface area contributed by atoms with E-state index in [0.29, 0.717) is 12.6 Å². The van der Waals surface area contributed by atoms with E-state index in [1.165, 1.54) is 32.1 Å². The molecule has 0 aromatic rings. The standard InChI is InChI=1S/C17H34N2O2/c1-14(2)18-17(20)13-19-10-8-16(9-11-19)7-5-6-12-21-15(3)4/h14-16H,5-13H2,1-4H3,(H,18,20). The molecule has 1 amide bonds. The summed E-state index contributed by atoms with van der Waals surface area (Å²) in [5, 5.41) is 2.96. The molecule has 0 aliphatic carbocycles. The molecule has 1 heterocycles. The Morgan fingerprint density at radius 1 is 1.19 bits per heavy atom. The molecule has 4 nitrogen and oxygen atoms in total. The van der Waals surface area contributed by atoms with Gasteiger partial charge in [0.15, 0.2) is 0 Å². The van der Waals surface area contributed by atoms with Crippen molar-refractivity contribution < 1.29 is 9.53 Å². The maximum absolute atomic E-state index is 11.7. The zero-order chi connectivity index (χ0) is 15.7. The topological polar surface area (TPSA) is 41.6 Å². The summed E-state index contributed by atoms with van der Waals surface area (Å²) in [6, 6.07) is 0.239. The van der Waals surface area contributed by atoms with Crippen molar-refractivity contribution in [3.05, 3.63) is 0 Å². The number of carbonyl (C=O) groups excluding carboxylic acids is 1. The van der Waals surface area contributed by atoms with E-state index in [0.717, 1.165) is 25.6 Å². The zero-order valence-electron chi connectivity index (χ0n) is 14.4. The first-order valence-electron chi connectivity index (χ1n) is 8.60. The van der Waals surface area contributed by atoms with Crippen molar-refractivity contribution in [3.8, 4) is 0 Å². The summed E-state index contributed by atoms with van der Waals surface area (Å²) in [4.78, 5) is 14.0. The quantitative estimate of drug-likeness (QED) is 0.666. The smallest absolute Gasteiger partial charge is 0.234 e. The Labute approximate surface area is 130 Å². The molecule has 1 aliphatic heterocycles. The number of unbranched alkanes of at least 4 members (excludes halogenated alkanes) is 1. The van der Waals surface area contributed by atoms with Gasteiger partial charge in [0.25, 0.3) is 0 Å². The van der Waals surface area contributed by atoms with Gasteiger partial charge >= 0.3 is 0 Å². The minimum Gasteiger partial charge on any atom is -0.379 e. The van der Waals surface area contributed by atoms with Gasteiger partial charge in [0.1, 0.15) is 0 Å². The first kappa shape index (κ1) is 18.4. The number of rotatable bonds is 9. The van der Waals surface area contributed by atoms with Crippen LogP contribution in [0.3, 0.4) is 0 Å². The van der Waals surface area contributed by atoms with E-state index in [2.05, 4.69) is 24.1 Å². The molecule has 0 aromatic heterocycles. The van der Waals surface area contributed by atoms with Crippen LogP contribution in [0.4, 0.5) is 0 Å². The van der Waals surface area contributed by atoms with Crippen LogP contribution in [0, 0.1) is 5.92 Å². The third kappa shape index (κ3) is 9.10. The molecular formula is C17H34N2O2. The van der Waals surface area contributed by atoms with E-state index < -0.39 is 0 Å². The molecule has 1 aliphatic rings. The number of piperidine rings is 1. The Hall–Kier alpha value is -0.610. The number of likely N-dealkylation sites (tertiary alicyclic amines) is 1. The number of hydrogen-bond acceptors (Lipinski definition) is 3. The Morgan fingerprint density at radius 3 is 2.43 bits per heavy atom. The average molecular weight is 298 g/mol. The fourth-order valence-electron chi connectivity index (χ4n) is 2.86. The molecule has 0 spiro atoms. The largest absolute Gasteiger partial charge is 0.379 e.